The van der Waals surface area contributed by atoms with E-state index < -0.39 is 0 Å². The molecular formula is C12H21NS. The van der Waals surface area contributed by atoms with E-state index in [-0.39, 0.29) is 0 Å². The van der Waals surface area contributed by atoms with Crippen molar-refractivity contribution in [2.75, 3.05) is 7.05 Å². The van der Waals surface area contributed by atoms with E-state index >= 15 is 0 Å². The van der Waals surface area contributed by atoms with Crippen molar-refractivity contribution in [3.63, 3.8) is 0 Å². The summed E-state index contributed by atoms with van der Waals surface area (Å²) in [6.45, 7) is 4.60. The first-order chi connectivity index (χ1) is 6.72. The van der Waals surface area contributed by atoms with Crippen molar-refractivity contribution in [1.82, 2.24) is 5.32 Å². The average Bonchev–Trinajstić information content (AvgIpc) is 2.67. The van der Waals surface area contributed by atoms with Gasteiger partial charge in [-0.15, -0.1) is 0 Å². The maximum atomic E-state index is 3.29. The lowest BCUT2D eigenvalue weighted by Crippen LogP contribution is -2.23. The van der Waals surface area contributed by atoms with Gasteiger partial charge in [-0.3, -0.25) is 0 Å². The second-order valence-electron chi connectivity index (χ2n) is 4.20. The third-order valence-corrected chi connectivity index (χ3v) is 3.49. The van der Waals surface area contributed by atoms with Crippen LogP contribution in [0.1, 0.15) is 32.3 Å². The van der Waals surface area contributed by atoms with E-state index in [1.807, 2.05) is 7.05 Å². The Morgan fingerprint density at radius 1 is 1.43 bits per heavy atom. The van der Waals surface area contributed by atoms with E-state index in [2.05, 4.69) is 36.0 Å². The monoisotopic (exact) mass is 211 g/mol. The van der Waals surface area contributed by atoms with Gasteiger partial charge in [0, 0.05) is 6.04 Å². The molecule has 0 spiro atoms. The molecule has 0 aliphatic carbocycles. The minimum atomic E-state index is 0.646. The molecule has 1 heterocycles. The summed E-state index contributed by atoms with van der Waals surface area (Å²) in [5, 5.41) is 7.71. The van der Waals surface area contributed by atoms with Gasteiger partial charge in [0.25, 0.3) is 0 Å². The van der Waals surface area contributed by atoms with Gasteiger partial charge < -0.3 is 5.32 Å². The van der Waals surface area contributed by atoms with Gasteiger partial charge in [-0.2, -0.15) is 11.3 Å². The van der Waals surface area contributed by atoms with Crippen LogP contribution in [0.4, 0.5) is 0 Å². The number of rotatable bonds is 6. The molecule has 1 nitrogen and oxygen atoms in total. The fraction of sp³-hybridized carbons (Fsp3) is 0.667. The molecule has 14 heavy (non-hydrogen) atoms. The molecule has 1 N–H and O–H groups in total. The standard InChI is InChI=1S/C12H21NS/c1-10(8-11(2)13-3)4-5-12-6-7-14-9-12/h6-7,9-11,13H,4-5,8H2,1-3H3. The van der Waals surface area contributed by atoms with E-state index in [4.69, 9.17) is 0 Å². The van der Waals surface area contributed by atoms with Gasteiger partial charge in [-0.1, -0.05) is 6.92 Å². The molecule has 0 aliphatic rings. The third-order valence-electron chi connectivity index (χ3n) is 2.75. The van der Waals surface area contributed by atoms with E-state index in [0.717, 1.165) is 5.92 Å². The number of hydrogen-bond acceptors (Lipinski definition) is 2. The van der Waals surface area contributed by atoms with Crippen molar-refractivity contribution in [2.24, 2.45) is 5.92 Å². The minimum Gasteiger partial charge on any atom is -0.317 e. The van der Waals surface area contributed by atoms with Crippen molar-refractivity contribution in [1.29, 1.82) is 0 Å². The maximum absolute atomic E-state index is 3.29. The molecule has 1 aromatic rings. The predicted octanol–water partition coefficient (Wildman–Crippen LogP) is 3.31. The molecule has 0 amide bonds. The highest BCUT2D eigenvalue weighted by molar-refractivity contribution is 7.07. The van der Waals surface area contributed by atoms with E-state index in [0.29, 0.717) is 6.04 Å². The topological polar surface area (TPSA) is 12.0 Å². The highest BCUT2D eigenvalue weighted by atomic mass is 32.1. The van der Waals surface area contributed by atoms with Gasteiger partial charge in [0.2, 0.25) is 0 Å². The largest absolute Gasteiger partial charge is 0.317 e. The zero-order chi connectivity index (χ0) is 10.4. The first kappa shape index (κ1) is 11.7. The van der Waals surface area contributed by atoms with Crippen LogP contribution in [0, 0.1) is 5.92 Å². The zero-order valence-electron chi connectivity index (χ0n) is 9.42. The van der Waals surface area contributed by atoms with Gasteiger partial charge in [-0.25, -0.2) is 0 Å². The summed E-state index contributed by atoms with van der Waals surface area (Å²) in [5.74, 6) is 0.817. The molecule has 1 rings (SSSR count). The Balaban J connectivity index is 2.18. The Labute approximate surface area is 91.5 Å². The molecule has 0 saturated heterocycles. The molecule has 0 aromatic carbocycles. The van der Waals surface area contributed by atoms with E-state index in [9.17, 15) is 0 Å². The number of aryl methyl sites for hydroxylation is 1. The number of thiophene rings is 1. The molecule has 0 bridgehead atoms. The molecule has 1 aromatic heterocycles. The fourth-order valence-corrected chi connectivity index (χ4v) is 2.39. The summed E-state index contributed by atoms with van der Waals surface area (Å²) in [4.78, 5) is 0. The Bertz CT molecular complexity index is 230. The van der Waals surface area contributed by atoms with Gasteiger partial charge in [0.15, 0.2) is 0 Å². The summed E-state index contributed by atoms with van der Waals surface area (Å²) < 4.78 is 0. The van der Waals surface area contributed by atoms with Crippen molar-refractivity contribution in [3.8, 4) is 0 Å². The molecule has 0 fully saturated rings. The molecule has 80 valence electrons. The van der Waals surface area contributed by atoms with Crippen LogP contribution in [0.2, 0.25) is 0 Å². The van der Waals surface area contributed by atoms with Crippen LogP contribution < -0.4 is 5.32 Å². The lowest BCUT2D eigenvalue weighted by Gasteiger charge is -2.16. The molecule has 2 heteroatoms. The van der Waals surface area contributed by atoms with Crippen LogP contribution in [0.3, 0.4) is 0 Å². The number of hydrogen-bond donors (Lipinski definition) is 1. The highest BCUT2D eigenvalue weighted by Gasteiger charge is 2.07. The average molecular weight is 211 g/mol. The van der Waals surface area contributed by atoms with Crippen molar-refractivity contribution in [3.05, 3.63) is 22.4 Å². The van der Waals surface area contributed by atoms with Crippen LogP contribution in [-0.4, -0.2) is 13.1 Å². The molecule has 0 saturated carbocycles. The molecule has 2 atom stereocenters. The SMILES string of the molecule is CNC(C)CC(C)CCc1ccsc1. The maximum Gasteiger partial charge on any atom is 0.00382 e. The first-order valence-electron chi connectivity index (χ1n) is 5.40. The van der Waals surface area contributed by atoms with Crippen LogP contribution in [0.5, 0.6) is 0 Å². The Morgan fingerprint density at radius 3 is 2.79 bits per heavy atom. The van der Waals surface area contributed by atoms with Crippen molar-refractivity contribution >= 4 is 11.3 Å². The zero-order valence-corrected chi connectivity index (χ0v) is 10.2. The summed E-state index contributed by atoms with van der Waals surface area (Å²) in [7, 11) is 2.04. The number of nitrogens with one attached hydrogen (secondary N) is 1. The van der Waals surface area contributed by atoms with Gasteiger partial charge >= 0.3 is 0 Å². The summed E-state index contributed by atoms with van der Waals surface area (Å²) in [5.41, 5.74) is 1.50. The fourth-order valence-electron chi connectivity index (χ4n) is 1.69. The smallest absolute Gasteiger partial charge is 0.00382 e. The molecular weight excluding hydrogens is 190 g/mol. The van der Waals surface area contributed by atoms with Crippen molar-refractivity contribution in [2.45, 2.75) is 39.2 Å². The molecule has 0 radical (unpaired) electrons. The van der Waals surface area contributed by atoms with Crippen LogP contribution in [0.15, 0.2) is 16.8 Å². The van der Waals surface area contributed by atoms with Gasteiger partial charge in [-0.05, 0) is 61.5 Å². The van der Waals surface area contributed by atoms with Gasteiger partial charge in [0.1, 0.15) is 0 Å². The van der Waals surface area contributed by atoms with Crippen LogP contribution in [0.25, 0.3) is 0 Å². The Kier molecular flexibility index (Phi) is 5.20. The van der Waals surface area contributed by atoms with Crippen molar-refractivity contribution < 1.29 is 0 Å². The molecule has 2 unspecified atom stereocenters. The normalized spacial score (nSPS) is 15.4. The lowest BCUT2D eigenvalue weighted by molar-refractivity contribution is 0.420. The molecule has 0 aliphatic heterocycles. The second-order valence-corrected chi connectivity index (χ2v) is 4.98. The third kappa shape index (κ3) is 4.25. The van der Waals surface area contributed by atoms with E-state index in [1.165, 1.54) is 24.8 Å². The quantitative estimate of drug-likeness (QED) is 0.761. The second kappa shape index (κ2) is 6.20. The lowest BCUT2D eigenvalue weighted by atomic mass is 9.96. The first-order valence-corrected chi connectivity index (χ1v) is 6.35. The van der Waals surface area contributed by atoms with E-state index in [1.54, 1.807) is 11.3 Å². The summed E-state index contributed by atoms with van der Waals surface area (Å²) in [6.07, 6.45) is 3.82. The highest BCUT2D eigenvalue weighted by Crippen LogP contribution is 2.16. The van der Waals surface area contributed by atoms with Crippen LogP contribution in [-0.2, 0) is 6.42 Å². The summed E-state index contributed by atoms with van der Waals surface area (Å²) >= 11 is 1.80. The summed E-state index contributed by atoms with van der Waals surface area (Å²) in [6, 6.07) is 2.88. The Hall–Kier alpha value is -0.340. The predicted molar refractivity (Wildman–Crippen MR) is 64.9 cm³/mol. The minimum absolute atomic E-state index is 0.646. The van der Waals surface area contributed by atoms with Crippen LogP contribution >= 0.6 is 11.3 Å². The Morgan fingerprint density at radius 2 is 2.21 bits per heavy atom. The van der Waals surface area contributed by atoms with Gasteiger partial charge in [0.05, 0.1) is 0 Å².